The van der Waals surface area contributed by atoms with Gasteiger partial charge >= 0.3 is 7.60 Å². The molecule has 0 aliphatic carbocycles. The van der Waals surface area contributed by atoms with Crippen molar-refractivity contribution < 1.29 is 16.7 Å². The largest absolute Gasteiger partial charge is 0.349 e. The van der Waals surface area contributed by atoms with E-state index < -0.39 is 7.60 Å². The van der Waals surface area contributed by atoms with Crippen molar-refractivity contribution in [3.63, 3.8) is 0 Å². The Morgan fingerprint density at radius 2 is 2.08 bits per heavy atom. The zero-order valence-electron chi connectivity index (χ0n) is 7.82. The molecule has 13 heavy (non-hydrogen) atoms. The van der Waals surface area contributed by atoms with Gasteiger partial charge in [-0.2, -0.15) is 0 Å². The molecule has 0 spiro atoms. The molecule has 0 rings (SSSR count). The Bertz CT molecular complexity index is 221. The molecule has 0 bridgehead atoms. The highest BCUT2D eigenvalue weighted by Crippen LogP contribution is 2.50. The van der Waals surface area contributed by atoms with Gasteiger partial charge in [-0.25, -0.2) is 2.85 Å². The molecule has 78 valence electrons. The van der Waals surface area contributed by atoms with Crippen LogP contribution in [-0.2, 0) is 16.7 Å². The summed E-state index contributed by atoms with van der Waals surface area (Å²) in [7, 11) is -0.0366. The van der Waals surface area contributed by atoms with Gasteiger partial charge in [0.25, 0.3) is 0 Å². The number of halogens is 1. The second-order valence-electron chi connectivity index (χ2n) is 2.54. The van der Waals surface area contributed by atoms with Gasteiger partial charge in [0, 0.05) is 14.1 Å². The summed E-state index contributed by atoms with van der Waals surface area (Å²) < 4.78 is 21.1. The summed E-state index contributed by atoms with van der Waals surface area (Å²) in [5.74, 6) is -0.270. The van der Waals surface area contributed by atoms with Crippen LogP contribution in [0.4, 0.5) is 0 Å². The van der Waals surface area contributed by atoms with Gasteiger partial charge in [-0.1, -0.05) is 0 Å². The van der Waals surface area contributed by atoms with Gasteiger partial charge in [0.15, 0.2) is 0 Å². The van der Waals surface area contributed by atoms with Crippen LogP contribution in [0.3, 0.4) is 0 Å². The number of hydrogen-bond acceptors (Lipinski definition) is 4. The van der Waals surface area contributed by atoms with Crippen molar-refractivity contribution in [3.8, 4) is 0 Å². The Hall–Kier alpha value is 0.350. The van der Waals surface area contributed by atoms with Crippen molar-refractivity contribution in [2.24, 2.45) is 0 Å². The van der Waals surface area contributed by atoms with Gasteiger partial charge in [0.05, 0.1) is 6.61 Å². The maximum atomic E-state index is 11.6. The van der Waals surface area contributed by atoms with Crippen molar-refractivity contribution in [1.82, 2.24) is 4.90 Å². The fourth-order valence-corrected chi connectivity index (χ4v) is 2.54. The first-order chi connectivity index (χ1) is 5.95. The average molecular weight is 321 g/mol. The van der Waals surface area contributed by atoms with Gasteiger partial charge in [-0.05, 0) is 6.92 Å². The van der Waals surface area contributed by atoms with E-state index in [9.17, 15) is 9.36 Å². The molecule has 0 saturated heterocycles. The van der Waals surface area contributed by atoms with Crippen LogP contribution in [0.15, 0.2) is 0 Å². The minimum Gasteiger partial charge on any atom is -0.348 e. The number of carbonyl (C=O) groups excluding carboxylic acids is 1. The predicted octanol–water partition coefficient (Wildman–Crippen LogP) is 1.67. The van der Waals surface area contributed by atoms with E-state index in [0.29, 0.717) is 0 Å². The lowest BCUT2D eigenvalue weighted by molar-refractivity contribution is -0.126. The molecule has 1 unspecified atom stereocenters. The lowest BCUT2D eigenvalue weighted by Crippen LogP contribution is -2.25. The van der Waals surface area contributed by atoms with Gasteiger partial charge in [0.2, 0.25) is 5.91 Å². The molecule has 1 amide bonds. The third-order valence-corrected chi connectivity index (χ3v) is 4.58. The quantitative estimate of drug-likeness (QED) is 0.571. The van der Waals surface area contributed by atoms with Crippen LogP contribution < -0.4 is 0 Å². The number of rotatable bonds is 5. The molecule has 0 saturated carbocycles. The highest BCUT2D eigenvalue weighted by atomic mass is 127. The van der Waals surface area contributed by atoms with Crippen LogP contribution in [0.2, 0.25) is 0 Å². The second-order valence-corrected chi connectivity index (χ2v) is 5.66. The Kier molecular flexibility index (Phi) is 6.11. The summed E-state index contributed by atoms with van der Waals surface area (Å²) in [4.78, 5) is 12.5. The Morgan fingerprint density at radius 3 is 2.38 bits per heavy atom. The van der Waals surface area contributed by atoms with Crippen LogP contribution in [0.5, 0.6) is 0 Å². The lowest BCUT2D eigenvalue weighted by atomic mass is 10.6. The minimum atomic E-state index is -3.21. The molecule has 0 aromatic carbocycles. The number of hydrogen-bond donors (Lipinski definition) is 0. The van der Waals surface area contributed by atoms with Crippen molar-refractivity contribution in [1.29, 1.82) is 0 Å². The average Bonchev–Trinajstić information content (AvgIpc) is 2.04. The maximum Gasteiger partial charge on any atom is 0.349 e. The van der Waals surface area contributed by atoms with E-state index in [-0.39, 0.29) is 18.7 Å². The Morgan fingerprint density at radius 1 is 1.54 bits per heavy atom. The van der Waals surface area contributed by atoms with Crippen molar-refractivity contribution in [2.45, 2.75) is 6.92 Å². The van der Waals surface area contributed by atoms with Crippen LogP contribution in [-0.4, -0.2) is 37.7 Å². The zero-order chi connectivity index (χ0) is 10.5. The van der Waals surface area contributed by atoms with Gasteiger partial charge < -0.3 is 9.42 Å². The molecule has 0 aromatic rings. The normalized spacial score (nSPS) is 15.1. The van der Waals surface area contributed by atoms with Crippen molar-refractivity contribution in [2.75, 3.05) is 26.9 Å². The summed E-state index contributed by atoms with van der Waals surface area (Å²) in [6.07, 6.45) is -0.212. The Balaban J connectivity index is 4.27. The highest BCUT2D eigenvalue weighted by molar-refractivity contribution is 14.1. The second kappa shape index (κ2) is 5.95. The molecular formula is C6H13INO4P. The van der Waals surface area contributed by atoms with E-state index in [4.69, 9.17) is 4.52 Å². The molecular weight excluding hydrogens is 308 g/mol. The first-order valence-corrected chi connectivity index (χ1v) is 6.30. The molecule has 0 N–H and O–H groups in total. The third kappa shape index (κ3) is 4.95. The molecule has 0 aliphatic rings. The summed E-state index contributed by atoms with van der Waals surface area (Å²) in [5, 5.41) is 0. The SMILES string of the molecule is CCOP(=O)(CC(=O)N(C)C)OI. The summed E-state index contributed by atoms with van der Waals surface area (Å²) >= 11 is 1.49. The fourth-order valence-electron chi connectivity index (χ4n) is 0.594. The number of carbonyl (C=O) groups is 1. The number of amides is 1. The highest BCUT2D eigenvalue weighted by Gasteiger charge is 2.28. The van der Waals surface area contributed by atoms with Gasteiger partial charge in [-0.15, -0.1) is 0 Å². The van der Waals surface area contributed by atoms with E-state index in [1.54, 1.807) is 21.0 Å². The maximum absolute atomic E-state index is 11.6. The first kappa shape index (κ1) is 13.4. The predicted molar refractivity (Wildman–Crippen MR) is 57.9 cm³/mol. The summed E-state index contributed by atoms with van der Waals surface area (Å²) in [5.41, 5.74) is 0. The lowest BCUT2D eigenvalue weighted by Gasteiger charge is -2.16. The van der Waals surface area contributed by atoms with Crippen molar-refractivity contribution >= 4 is 36.5 Å². The third-order valence-electron chi connectivity index (χ3n) is 1.26. The van der Waals surface area contributed by atoms with Crippen molar-refractivity contribution in [3.05, 3.63) is 0 Å². The summed E-state index contributed by atoms with van der Waals surface area (Å²) in [6, 6.07) is 0. The molecule has 0 aromatic heterocycles. The van der Waals surface area contributed by atoms with E-state index in [0.717, 1.165) is 0 Å². The molecule has 0 heterocycles. The minimum absolute atomic E-state index is 0.212. The molecule has 7 heteroatoms. The molecule has 1 atom stereocenters. The van der Waals surface area contributed by atoms with E-state index in [1.165, 1.54) is 27.9 Å². The van der Waals surface area contributed by atoms with Gasteiger partial charge in [0.1, 0.15) is 29.2 Å². The summed E-state index contributed by atoms with van der Waals surface area (Å²) in [6.45, 7) is 1.96. The van der Waals surface area contributed by atoms with E-state index >= 15 is 0 Å². The molecule has 0 fully saturated rings. The number of nitrogens with zero attached hydrogens (tertiary/aromatic N) is 1. The first-order valence-electron chi connectivity index (χ1n) is 3.69. The molecule has 0 radical (unpaired) electrons. The van der Waals surface area contributed by atoms with Crippen LogP contribution in [0, 0.1) is 0 Å². The van der Waals surface area contributed by atoms with E-state index in [1.807, 2.05) is 0 Å². The molecule has 5 nitrogen and oxygen atoms in total. The smallest absolute Gasteiger partial charge is 0.348 e. The van der Waals surface area contributed by atoms with E-state index in [2.05, 4.69) is 2.85 Å². The van der Waals surface area contributed by atoms with Crippen LogP contribution >= 0.6 is 30.6 Å². The fraction of sp³-hybridized carbons (Fsp3) is 0.833. The standard InChI is InChI=1S/C6H13INO4P/c1-4-11-13(10,12-7)5-6(9)8(2)3/h4-5H2,1-3H3. The zero-order valence-corrected chi connectivity index (χ0v) is 10.9. The van der Waals surface area contributed by atoms with Crippen LogP contribution in [0.25, 0.3) is 0 Å². The topological polar surface area (TPSA) is 55.8 Å². The van der Waals surface area contributed by atoms with Gasteiger partial charge in [-0.3, -0.25) is 9.36 Å². The Labute approximate surface area is 92.0 Å². The monoisotopic (exact) mass is 321 g/mol. The van der Waals surface area contributed by atoms with Crippen LogP contribution in [0.1, 0.15) is 6.92 Å². The molecule has 0 aliphatic heterocycles.